The SMILES string of the molecule is CN1C(=O)N(CC(=O)NC2CCSc3ccccc32)C(=O)C12CCCCC2. The Balaban J connectivity index is 1.46. The molecule has 1 saturated heterocycles. The van der Waals surface area contributed by atoms with Crippen LogP contribution in [0.4, 0.5) is 4.79 Å². The van der Waals surface area contributed by atoms with E-state index in [1.54, 1.807) is 23.7 Å². The Bertz CT molecular complexity index is 775. The van der Waals surface area contributed by atoms with Gasteiger partial charge in [0, 0.05) is 17.7 Å². The van der Waals surface area contributed by atoms with Gasteiger partial charge < -0.3 is 10.2 Å². The van der Waals surface area contributed by atoms with Crippen molar-refractivity contribution in [3.05, 3.63) is 29.8 Å². The molecule has 2 heterocycles. The van der Waals surface area contributed by atoms with Crippen molar-refractivity contribution in [3.63, 3.8) is 0 Å². The molecule has 27 heavy (non-hydrogen) atoms. The Hall–Kier alpha value is -2.02. The van der Waals surface area contributed by atoms with Crippen LogP contribution in [0.1, 0.15) is 50.1 Å². The molecular weight excluding hydrogens is 362 g/mol. The number of benzene rings is 1. The summed E-state index contributed by atoms with van der Waals surface area (Å²) in [6.45, 7) is -0.199. The fourth-order valence-corrected chi connectivity index (χ4v) is 5.67. The van der Waals surface area contributed by atoms with Crippen molar-refractivity contribution in [2.75, 3.05) is 19.3 Å². The number of amides is 4. The zero-order valence-electron chi connectivity index (χ0n) is 15.6. The fourth-order valence-electron chi connectivity index (χ4n) is 4.55. The van der Waals surface area contributed by atoms with E-state index in [0.717, 1.165) is 41.9 Å². The topological polar surface area (TPSA) is 69.7 Å². The number of urea groups is 1. The third-order valence-electron chi connectivity index (χ3n) is 6.08. The van der Waals surface area contributed by atoms with Gasteiger partial charge in [0.1, 0.15) is 12.1 Å². The van der Waals surface area contributed by atoms with E-state index in [1.165, 1.54) is 4.90 Å². The number of hydrogen-bond donors (Lipinski definition) is 1. The Kier molecular flexibility index (Phi) is 4.88. The van der Waals surface area contributed by atoms with E-state index < -0.39 is 5.54 Å². The van der Waals surface area contributed by atoms with Gasteiger partial charge in [-0.2, -0.15) is 0 Å². The van der Waals surface area contributed by atoms with Crippen molar-refractivity contribution in [2.45, 2.75) is 55.0 Å². The summed E-state index contributed by atoms with van der Waals surface area (Å²) < 4.78 is 0. The van der Waals surface area contributed by atoms with Crippen LogP contribution in [0.5, 0.6) is 0 Å². The number of carbonyl (C=O) groups excluding carboxylic acids is 3. The highest BCUT2D eigenvalue weighted by Gasteiger charge is 2.55. The van der Waals surface area contributed by atoms with E-state index in [1.807, 2.05) is 18.2 Å². The van der Waals surface area contributed by atoms with Crippen molar-refractivity contribution < 1.29 is 14.4 Å². The normalized spacial score (nSPS) is 24.3. The van der Waals surface area contributed by atoms with Gasteiger partial charge in [-0.25, -0.2) is 4.79 Å². The maximum Gasteiger partial charge on any atom is 0.327 e. The van der Waals surface area contributed by atoms with Gasteiger partial charge >= 0.3 is 6.03 Å². The van der Waals surface area contributed by atoms with Crippen LogP contribution in [-0.4, -0.2) is 52.5 Å². The molecule has 1 N–H and O–H groups in total. The third-order valence-corrected chi connectivity index (χ3v) is 7.20. The Labute approximate surface area is 163 Å². The second-order valence-corrected chi connectivity index (χ2v) is 8.76. The summed E-state index contributed by atoms with van der Waals surface area (Å²) >= 11 is 1.79. The van der Waals surface area contributed by atoms with Gasteiger partial charge in [0.15, 0.2) is 0 Å². The number of rotatable bonds is 3. The van der Waals surface area contributed by atoms with Crippen molar-refractivity contribution in [2.24, 2.45) is 0 Å². The standard InChI is InChI=1S/C20H25N3O3S/c1-22-19(26)23(18(25)20(22)10-5-2-6-11-20)13-17(24)21-15-9-12-27-16-8-4-3-7-14(15)16/h3-4,7-8,15H,2,5-6,9-13H2,1H3,(H,21,24). The van der Waals surface area contributed by atoms with Crippen LogP contribution < -0.4 is 5.32 Å². The number of hydrogen-bond acceptors (Lipinski definition) is 4. The summed E-state index contributed by atoms with van der Waals surface area (Å²) in [5.74, 6) is 0.462. The Morgan fingerprint density at radius 2 is 1.96 bits per heavy atom. The smallest absolute Gasteiger partial charge is 0.327 e. The van der Waals surface area contributed by atoms with Crippen molar-refractivity contribution in [3.8, 4) is 0 Å². The van der Waals surface area contributed by atoms with Gasteiger partial charge in [0.05, 0.1) is 6.04 Å². The predicted octanol–water partition coefficient (Wildman–Crippen LogP) is 2.94. The van der Waals surface area contributed by atoms with Crippen LogP contribution in [0.15, 0.2) is 29.2 Å². The average molecular weight is 388 g/mol. The summed E-state index contributed by atoms with van der Waals surface area (Å²) in [4.78, 5) is 42.2. The number of nitrogens with one attached hydrogen (secondary N) is 1. The van der Waals surface area contributed by atoms with Crippen LogP contribution >= 0.6 is 11.8 Å². The number of carbonyl (C=O) groups is 3. The minimum absolute atomic E-state index is 0.0656. The Morgan fingerprint density at radius 1 is 1.22 bits per heavy atom. The molecule has 2 fully saturated rings. The molecule has 1 spiro atoms. The lowest BCUT2D eigenvalue weighted by molar-refractivity contribution is -0.137. The van der Waals surface area contributed by atoms with E-state index in [-0.39, 0.29) is 30.4 Å². The van der Waals surface area contributed by atoms with Gasteiger partial charge in [-0.3, -0.25) is 14.5 Å². The minimum Gasteiger partial charge on any atom is -0.348 e. The van der Waals surface area contributed by atoms with E-state index in [9.17, 15) is 14.4 Å². The van der Waals surface area contributed by atoms with E-state index in [2.05, 4.69) is 11.4 Å². The maximum absolute atomic E-state index is 13.0. The molecule has 0 bridgehead atoms. The monoisotopic (exact) mass is 387 g/mol. The molecule has 0 radical (unpaired) electrons. The highest BCUT2D eigenvalue weighted by atomic mass is 32.2. The second-order valence-electron chi connectivity index (χ2n) is 7.62. The van der Waals surface area contributed by atoms with Gasteiger partial charge in [-0.15, -0.1) is 11.8 Å². The molecule has 4 rings (SSSR count). The molecule has 2 aliphatic heterocycles. The first-order chi connectivity index (χ1) is 13.0. The van der Waals surface area contributed by atoms with Crippen molar-refractivity contribution in [1.29, 1.82) is 0 Å². The van der Waals surface area contributed by atoms with Crippen molar-refractivity contribution >= 4 is 29.6 Å². The van der Waals surface area contributed by atoms with Gasteiger partial charge in [0.25, 0.3) is 5.91 Å². The summed E-state index contributed by atoms with van der Waals surface area (Å²) in [7, 11) is 1.69. The van der Waals surface area contributed by atoms with E-state index in [0.29, 0.717) is 12.8 Å². The zero-order valence-corrected chi connectivity index (χ0v) is 16.4. The summed E-state index contributed by atoms with van der Waals surface area (Å²) in [6.07, 6.45) is 5.22. The van der Waals surface area contributed by atoms with Crippen LogP contribution in [0.25, 0.3) is 0 Å². The molecule has 0 aromatic heterocycles. The molecule has 1 atom stereocenters. The highest BCUT2D eigenvalue weighted by Crippen LogP contribution is 2.39. The zero-order chi connectivity index (χ0) is 19.0. The third kappa shape index (κ3) is 3.12. The summed E-state index contributed by atoms with van der Waals surface area (Å²) in [5, 5.41) is 3.03. The van der Waals surface area contributed by atoms with Gasteiger partial charge in [-0.05, 0) is 30.9 Å². The predicted molar refractivity (Wildman–Crippen MR) is 103 cm³/mol. The first kappa shape index (κ1) is 18.3. The lowest BCUT2D eigenvalue weighted by Crippen LogP contribution is -2.49. The van der Waals surface area contributed by atoms with E-state index in [4.69, 9.17) is 0 Å². The largest absolute Gasteiger partial charge is 0.348 e. The van der Waals surface area contributed by atoms with Gasteiger partial charge in [-0.1, -0.05) is 37.5 Å². The summed E-state index contributed by atoms with van der Waals surface area (Å²) in [5.41, 5.74) is 0.381. The maximum atomic E-state index is 13.0. The molecule has 1 aliphatic carbocycles. The second kappa shape index (κ2) is 7.19. The summed E-state index contributed by atoms with van der Waals surface area (Å²) in [6, 6.07) is 7.65. The van der Waals surface area contributed by atoms with Crippen LogP contribution in [0.2, 0.25) is 0 Å². The molecule has 1 aromatic rings. The molecule has 1 saturated carbocycles. The highest BCUT2D eigenvalue weighted by molar-refractivity contribution is 7.99. The first-order valence-electron chi connectivity index (χ1n) is 9.64. The number of nitrogens with zero attached hydrogens (tertiary/aromatic N) is 2. The first-order valence-corrected chi connectivity index (χ1v) is 10.6. The molecule has 1 aromatic carbocycles. The van der Waals surface area contributed by atoms with Crippen LogP contribution in [0, 0.1) is 0 Å². The molecular formula is C20H25N3O3S. The van der Waals surface area contributed by atoms with Crippen molar-refractivity contribution in [1.82, 2.24) is 15.1 Å². The number of thioether (sulfide) groups is 1. The molecule has 144 valence electrons. The van der Waals surface area contributed by atoms with Crippen LogP contribution in [0.3, 0.4) is 0 Å². The lowest BCUT2D eigenvalue weighted by Gasteiger charge is -2.35. The number of imide groups is 1. The Morgan fingerprint density at radius 3 is 2.74 bits per heavy atom. The van der Waals surface area contributed by atoms with E-state index >= 15 is 0 Å². The number of likely N-dealkylation sites (N-methyl/N-ethyl adjacent to an activating group) is 1. The molecule has 6 nitrogen and oxygen atoms in total. The quantitative estimate of drug-likeness (QED) is 0.810. The average Bonchev–Trinajstić information content (AvgIpc) is 2.85. The lowest BCUT2D eigenvalue weighted by atomic mass is 9.81. The fraction of sp³-hybridized carbons (Fsp3) is 0.550. The minimum atomic E-state index is -0.732. The molecule has 1 unspecified atom stereocenters. The molecule has 3 aliphatic rings. The molecule has 7 heteroatoms. The van der Waals surface area contributed by atoms with Crippen LogP contribution in [-0.2, 0) is 9.59 Å². The number of fused-ring (bicyclic) bond motifs is 1. The molecule has 4 amide bonds. The van der Waals surface area contributed by atoms with Gasteiger partial charge in [0.2, 0.25) is 5.91 Å².